The number of pyridine rings is 1. The number of benzene rings is 1. The summed E-state index contributed by atoms with van der Waals surface area (Å²) < 4.78 is 13.4. The van der Waals surface area contributed by atoms with Gasteiger partial charge >= 0.3 is 0 Å². The number of nitrogens with zero attached hydrogens (tertiary/aromatic N) is 1. The van der Waals surface area contributed by atoms with E-state index in [1.165, 1.54) is 18.2 Å². The lowest BCUT2D eigenvalue weighted by molar-refractivity contribution is 0.102. The van der Waals surface area contributed by atoms with Gasteiger partial charge in [-0.25, -0.2) is 9.37 Å². The van der Waals surface area contributed by atoms with Crippen molar-refractivity contribution in [1.29, 1.82) is 0 Å². The van der Waals surface area contributed by atoms with Crippen LogP contribution in [0.3, 0.4) is 0 Å². The van der Waals surface area contributed by atoms with Gasteiger partial charge in [-0.05, 0) is 30.3 Å². The predicted octanol–water partition coefficient (Wildman–Crippen LogP) is 3.89. The van der Waals surface area contributed by atoms with Crippen molar-refractivity contribution < 1.29 is 9.18 Å². The van der Waals surface area contributed by atoms with E-state index >= 15 is 0 Å². The molecule has 6 heteroatoms. The Labute approximate surface area is 116 Å². The molecule has 0 atom stereocenters. The Hall–Kier alpha value is -1.46. The highest BCUT2D eigenvalue weighted by molar-refractivity contribution is 9.10. The van der Waals surface area contributed by atoms with E-state index in [2.05, 4.69) is 26.2 Å². The first-order valence-electron chi connectivity index (χ1n) is 4.93. The van der Waals surface area contributed by atoms with E-state index in [0.29, 0.717) is 15.1 Å². The number of nitrogens with one attached hydrogen (secondary N) is 1. The summed E-state index contributed by atoms with van der Waals surface area (Å²) in [5.74, 6) is -0.548. The van der Waals surface area contributed by atoms with Gasteiger partial charge in [0.2, 0.25) is 0 Å². The second-order valence-electron chi connectivity index (χ2n) is 3.47. The van der Waals surface area contributed by atoms with Gasteiger partial charge in [-0.2, -0.15) is 0 Å². The standard InChI is InChI=1S/C12H7BrClFN2O/c13-8-3-7(4-9(14)5-8)12(18)17-11-2-1-10(15)6-16-11/h1-6H,(H,16,17,18). The molecule has 0 saturated carbocycles. The van der Waals surface area contributed by atoms with E-state index in [-0.39, 0.29) is 11.7 Å². The first-order chi connectivity index (χ1) is 8.54. The molecule has 2 aromatic rings. The first-order valence-corrected chi connectivity index (χ1v) is 6.11. The molecule has 0 spiro atoms. The minimum atomic E-state index is -0.460. The normalized spacial score (nSPS) is 10.2. The SMILES string of the molecule is O=C(Nc1ccc(F)cn1)c1cc(Cl)cc(Br)c1. The largest absolute Gasteiger partial charge is 0.307 e. The lowest BCUT2D eigenvalue weighted by Gasteiger charge is -2.05. The van der Waals surface area contributed by atoms with Crippen LogP contribution in [0.4, 0.5) is 10.2 Å². The van der Waals surface area contributed by atoms with Gasteiger partial charge in [-0.3, -0.25) is 4.79 Å². The number of carbonyl (C=O) groups excluding carboxylic acids is 1. The maximum Gasteiger partial charge on any atom is 0.256 e. The van der Waals surface area contributed by atoms with Crippen molar-refractivity contribution >= 4 is 39.3 Å². The van der Waals surface area contributed by atoms with Gasteiger partial charge in [0.1, 0.15) is 11.6 Å². The molecule has 92 valence electrons. The lowest BCUT2D eigenvalue weighted by Crippen LogP contribution is -2.12. The number of anilines is 1. The predicted molar refractivity (Wildman–Crippen MR) is 71.3 cm³/mol. The first kappa shape index (κ1) is 13.0. The van der Waals surface area contributed by atoms with Crippen molar-refractivity contribution in [2.45, 2.75) is 0 Å². The third-order valence-corrected chi connectivity index (χ3v) is 2.77. The summed E-state index contributed by atoms with van der Waals surface area (Å²) in [7, 11) is 0. The second-order valence-corrected chi connectivity index (χ2v) is 4.83. The third-order valence-electron chi connectivity index (χ3n) is 2.09. The van der Waals surface area contributed by atoms with Crippen molar-refractivity contribution in [3.63, 3.8) is 0 Å². The molecule has 1 aromatic carbocycles. The summed E-state index contributed by atoms with van der Waals surface area (Å²) in [6, 6.07) is 7.44. The van der Waals surface area contributed by atoms with Crippen LogP contribution in [-0.4, -0.2) is 10.9 Å². The van der Waals surface area contributed by atoms with E-state index in [0.717, 1.165) is 6.20 Å². The van der Waals surface area contributed by atoms with Gasteiger partial charge in [0.05, 0.1) is 6.20 Å². The van der Waals surface area contributed by atoms with Gasteiger partial charge in [-0.1, -0.05) is 27.5 Å². The van der Waals surface area contributed by atoms with Gasteiger partial charge in [-0.15, -0.1) is 0 Å². The summed E-state index contributed by atoms with van der Waals surface area (Å²) >= 11 is 9.09. The molecule has 1 heterocycles. The van der Waals surface area contributed by atoms with Crippen molar-refractivity contribution in [3.8, 4) is 0 Å². The maximum absolute atomic E-state index is 12.7. The molecular weight excluding hydrogens is 322 g/mol. The van der Waals surface area contributed by atoms with E-state index in [4.69, 9.17) is 11.6 Å². The fourth-order valence-electron chi connectivity index (χ4n) is 1.32. The summed E-state index contributed by atoms with van der Waals surface area (Å²) in [5.41, 5.74) is 0.389. The van der Waals surface area contributed by atoms with Crippen molar-refractivity contribution in [2.24, 2.45) is 0 Å². The Morgan fingerprint density at radius 2 is 2.11 bits per heavy atom. The van der Waals surface area contributed by atoms with E-state index < -0.39 is 5.82 Å². The van der Waals surface area contributed by atoms with Crippen LogP contribution >= 0.6 is 27.5 Å². The lowest BCUT2D eigenvalue weighted by atomic mass is 10.2. The second kappa shape index (κ2) is 5.46. The van der Waals surface area contributed by atoms with Gasteiger partial charge in [0.15, 0.2) is 0 Å². The number of aromatic nitrogens is 1. The van der Waals surface area contributed by atoms with E-state index in [1.807, 2.05) is 0 Å². The number of halogens is 3. The summed E-state index contributed by atoms with van der Waals surface area (Å²) in [4.78, 5) is 15.6. The van der Waals surface area contributed by atoms with Crippen LogP contribution < -0.4 is 5.32 Å². The number of hydrogen-bond donors (Lipinski definition) is 1. The summed E-state index contributed by atoms with van der Waals surface area (Å²) in [6.45, 7) is 0. The molecule has 0 saturated heterocycles. The third kappa shape index (κ3) is 3.27. The highest BCUT2D eigenvalue weighted by atomic mass is 79.9. The monoisotopic (exact) mass is 328 g/mol. The smallest absolute Gasteiger partial charge is 0.256 e. The molecule has 3 nitrogen and oxygen atoms in total. The van der Waals surface area contributed by atoms with Crippen LogP contribution in [0.15, 0.2) is 41.0 Å². The van der Waals surface area contributed by atoms with Crippen molar-refractivity contribution in [2.75, 3.05) is 5.32 Å². The number of hydrogen-bond acceptors (Lipinski definition) is 2. The van der Waals surface area contributed by atoms with Crippen LogP contribution in [0.1, 0.15) is 10.4 Å². The van der Waals surface area contributed by atoms with E-state index in [9.17, 15) is 9.18 Å². The minimum absolute atomic E-state index is 0.275. The Morgan fingerprint density at radius 3 is 2.72 bits per heavy atom. The molecule has 1 N–H and O–H groups in total. The molecule has 0 radical (unpaired) electrons. The van der Waals surface area contributed by atoms with Crippen molar-refractivity contribution in [3.05, 3.63) is 57.4 Å². The topological polar surface area (TPSA) is 42.0 Å². The molecule has 0 fully saturated rings. The fraction of sp³-hybridized carbons (Fsp3) is 0. The summed E-state index contributed by atoms with van der Waals surface area (Å²) in [5, 5.41) is 2.99. The zero-order chi connectivity index (χ0) is 13.1. The van der Waals surface area contributed by atoms with Crippen LogP contribution in [0.5, 0.6) is 0 Å². The Bertz CT molecular complexity index is 569. The highest BCUT2D eigenvalue weighted by Crippen LogP contribution is 2.20. The van der Waals surface area contributed by atoms with Crippen LogP contribution in [0.25, 0.3) is 0 Å². The van der Waals surface area contributed by atoms with Crippen LogP contribution in [0, 0.1) is 5.82 Å². The highest BCUT2D eigenvalue weighted by Gasteiger charge is 2.08. The molecule has 1 amide bonds. The average Bonchev–Trinajstić information content (AvgIpc) is 2.31. The minimum Gasteiger partial charge on any atom is -0.307 e. The molecule has 2 rings (SSSR count). The molecule has 0 aliphatic heterocycles. The quantitative estimate of drug-likeness (QED) is 0.908. The number of rotatable bonds is 2. The summed E-state index contributed by atoms with van der Waals surface area (Å²) in [6.07, 6.45) is 1.03. The Kier molecular flexibility index (Phi) is 3.93. The van der Waals surface area contributed by atoms with Crippen LogP contribution in [0.2, 0.25) is 5.02 Å². The van der Waals surface area contributed by atoms with Gasteiger partial charge in [0, 0.05) is 15.1 Å². The van der Waals surface area contributed by atoms with E-state index in [1.54, 1.807) is 12.1 Å². The molecule has 1 aromatic heterocycles. The molecule has 0 aliphatic rings. The number of carbonyl (C=O) groups is 1. The maximum atomic E-state index is 12.7. The molecule has 0 bridgehead atoms. The molecular formula is C12H7BrClFN2O. The van der Waals surface area contributed by atoms with Gasteiger partial charge in [0.25, 0.3) is 5.91 Å². The van der Waals surface area contributed by atoms with Gasteiger partial charge < -0.3 is 5.32 Å². The van der Waals surface area contributed by atoms with Crippen molar-refractivity contribution in [1.82, 2.24) is 4.98 Å². The van der Waals surface area contributed by atoms with Crippen LogP contribution in [-0.2, 0) is 0 Å². The molecule has 0 aliphatic carbocycles. The Balaban J connectivity index is 2.19. The zero-order valence-electron chi connectivity index (χ0n) is 8.95. The zero-order valence-corrected chi connectivity index (χ0v) is 11.3. The average molecular weight is 330 g/mol. The molecule has 18 heavy (non-hydrogen) atoms. The fourth-order valence-corrected chi connectivity index (χ4v) is 2.18. The Morgan fingerprint density at radius 1 is 1.33 bits per heavy atom. The molecule has 0 unspecified atom stereocenters. The number of amides is 1.